The Kier molecular flexibility index (Phi) is 2.73. The number of H-pyrrole nitrogens is 1. The van der Waals surface area contributed by atoms with Crippen molar-refractivity contribution in [1.29, 1.82) is 0 Å². The molecule has 3 nitrogen and oxygen atoms in total. The number of benzene rings is 1. The lowest BCUT2D eigenvalue weighted by Gasteiger charge is -2.05. The van der Waals surface area contributed by atoms with Crippen LogP contribution in [0.1, 0.15) is 18.9 Å². The molecule has 0 radical (unpaired) electrons. The van der Waals surface area contributed by atoms with Crippen LogP contribution in [0.5, 0.6) is 0 Å². The first-order valence-electron chi connectivity index (χ1n) is 5.29. The highest BCUT2D eigenvalue weighted by molar-refractivity contribution is 7.71. The fourth-order valence-corrected chi connectivity index (χ4v) is 2.39. The molecule has 1 aliphatic carbocycles. The Labute approximate surface area is 113 Å². The molecule has 1 heterocycles. The number of hydrogen-bond donors (Lipinski definition) is 1. The van der Waals surface area contributed by atoms with Gasteiger partial charge in [-0.2, -0.15) is 5.10 Å². The molecule has 0 saturated heterocycles. The molecular formula is C11H9Cl2N3S. The topological polar surface area (TPSA) is 33.6 Å². The zero-order chi connectivity index (χ0) is 12.0. The van der Waals surface area contributed by atoms with Crippen molar-refractivity contribution in [1.82, 2.24) is 14.8 Å². The van der Waals surface area contributed by atoms with Gasteiger partial charge in [0.15, 0.2) is 10.6 Å². The van der Waals surface area contributed by atoms with Gasteiger partial charge in [-0.05, 0) is 43.3 Å². The third kappa shape index (κ3) is 2.01. The molecule has 0 atom stereocenters. The molecule has 1 saturated carbocycles. The summed E-state index contributed by atoms with van der Waals surface area (Å²) in [7, 11) is 0. The number of halogens is 2. The molecule has 88 valence electrons. The van der Waals surface area contributed by atoms with Gasteiger partial charge in [-0.3, -0.25) is 9.67 Å². The van der Waals surface area contributed by atoms with Gasteiger partial charge in [0.05, 0.1) is 10.0 Å². The summed E-state index contributed by atoms with van der Waals surface area (Å²) >= 11 is 17.1. The maximum atomic E-state index is 6.01. The highest BCUT2D eigenvalue weighted by Crippen LogP contribution is 2.38. The summed E-state index contributed by atoms with van der Waals surface area (Å²) in [5, 5.41) is 8.17. The molecule has 1 aromatic carbocycles. The van der Waals surface area contributed by atoms with Crippen LogP contribution in [0.15, 0.2) is 18.2 Å². The Bertz CT molecular complexity index is 628. The summed E-state index contributed by atoms with van der Waals surface area (Å²) < 4.78 is 2.71. The third-order valence-corrected chi connectivity index (χ3v) is 3.82. The summed E-state index contributed by atoms with van der Waals surface area (Å²) in [5.74, 6) is 0.830. The van der Waals surface area contributed by atoms with Crippen LogP contribution in [-0.2, 0) is 0 Å². The van der Waals surface area contributed by atoms with Crippen molar-refractivity contribution in [2.45, 2.75) is 18.9 Å². The molecule has 0 amide bonds. The van der Waals surface area contributed by atoms with E-state index >= 15 is 0 Å². The predicted molar refractivity (Wildman–Crippen MR) is 71.1 cm³/mol. The van der Waals surface area contributed by atoms with Gasteiger partial charge in [0.25, 0.3) is 0 Å². The number of rotatable bonds is 2. The molecule has 1 aliphatic rings. The van der Waals surface area contributed by atoms with Crippen LogP contribution < -0.4 is 0 Å². The normalized spacial score (nSPS) is 15.2. The fraction of sp³-hybridized carbons (Fsp3) is 0.273. The molecule has 3 rings (SSSR count). The van der Waals surface area contributed by atoms with Crippen molar-refractivity contribution in [2.24, 2.45) is 0 Å². The highest BCUT2D eigenvalue weighted by atomic mass is 35.5. The summed E-state index contributed by atoms with van der Waals surface area (Å²) in [6, 6.07) is 5.96. The zero-order valence-electron chi connectivity index (χ0n) is 8.78. The van der Waals surface area contributed by atoms with Crippen LogP contribution in [-0.4, -0.2) is 14.8 Å². The summed E-state index contributed by atoms with van der Waals surface area (Å²) in [6.45, 7) is 0. The molecule has 0 spiro atoms. The number of aromatic amines is 1. The first-order valence-corrected chi connectivity index (χ1v) is 6.45. The molecule has 17 heavy (non-hydrogen) atoms. The van der Waals surface area contributed by atoms with Crippen LogP contribution >= 0.6 is 35.4 Å². The van der Waals surface area contributed by atoms with E-state index in [9.17, 15) is 0 Å². The lowest BCUT2D eigenvalue weighted by molar-refractivity contribution is 0.735. The standard InChI is InChI=1S/C11H9Cl2N3S/c12-8-4-1-6(5-9(8)13)10-14-15-11(17)16(10)7-2-3-7/h1,4-5,7H,2-3H2,(H,15,17). The highest BCUT2D eigenvalue weighted by Gasteiger charge is 2.27. The van der Waals surface area contributed by atoms with Crippen molar-refractivity contribution in [3.05, 3.63) is 33.0 Å². The van der Waals surface area contributed by atoms with E-state index in [-0.39, 0.29) is 0 Å². The van der Waals surface area contributed by atoms with Crippen LogP contribution in [0.2, 0.25) is 10.0 Å². The van der Waals surface area contributed by atoms with Crippen LogP contribution in [0.25, 0.3) is 11.4 Å². The summed E-state index contributed by atoms with van der Waals surface area (Å²) in [5.41, 5.74) is 0.929. The fourth-order valence-electron chi connectivity index (χ4n) is 1.82. The lowest BCUT2D eigenvalue weighted by Crippen LogP contribution is -1.97. The lowest BCUT2D eigenvalue weighted by atomic mass is 10.2. The molecule has 1 fully saturated rings. The number of aromatic nitrogens is 3. The predicted octanol–water partition coefficient (Wildman–Crippen LogP) is 4.25. The first kappa shape index (κ1) is 11.3. The summed E-state index contributed by atoms with van der Waals surface area (Å²) in [6.07, 6.45) is 2.31. The molecular weight excluding hydrogens is 277 g/mol. The van der Waals surface area contributed by atoms with Gasteiger partial charge in [0, 0.05) is 11.6 Å². The van der Waals surface area contributed by atoms with E-state index in [2.05, 4.69) is 14.8 Å². The average molecular weight is 286 g/mol. The Balaban J connectivity index is 2.14. The first-order chi connectivity index (χ1) is 8.16. The Morgan fingerprint density at radius 3 is 2.71 bits per heavy atom. The van der Waals surface area contributed by atoms with Crippen molar-refractivity contribution in [2.75, 3.05) is 0 Å². The van der Waals surface area contributed by atoms with Crippen LogP contribution in [0, 0.1) is 4.77 Å². The Morgan fingerprint density at radius 1 is 1.29 bits per heavy atom. The SMILES string of the molecule is S=c1[nH]nc(-c2ccc(Cl)c(Cl)c2)n1C1CC1. The molecule has 2 aromatic rings. The summed E-state index contributed by atoms with van der Waals surface area (Å²) in [4.78, 5) is 0. The Hall–Kier alpha value is -0.840. The maximum Gasteiger partial charge on any atom is 0.195 e. The van der Waals surface area contributed by atoms with Gasteiger partial charge in [-0.25, -0.2) is 0 Å². The van der Waals surface area contributed by atoms with Crippen molar-refractivity contribution in [3.8, 4) is 11.4 Å². The monoisotopic (exact) mass is 285 g/mol. The van der Waals surface area contributed by atoms with Crippen LogP contribution in [0.3, 0.4) is 0 Å². The van der Waals surface area contributed by atoms with Crippen molar-refractivity contribution < 1.29 is 0 Å². The number of nitrogens with one attached hydrogen (secondary N) is 1. The largest absolute Gasteiger partial charge is 0.297 e. The second-order valence-corrected chi connectivity index (χ2v) is 5.28. The van der Waals surface area contributed by atoms with E-state index in [0.29, 0.717) is 20.9 Å². The van der Waals surface area contributed by atoms with Gasteiger partial charge in [-0.1, -0.05) is 23.2 Å². The van der Waals surface area contributed by atoms with Gasteiger partial charge in [0.2, 0.25) is 0 Å². The quantitative estimate of drug-likeness (QED) is 0.837. The number of hydrogen-bond acceptors (Lipinski definition) is 2. The van der Waals surface area contributed by atoms with Crippen molar-refractivity contribution in [3.63, 3.8) is 0 Å². The van der Waals surface area contributed by atoms with Crippen molar-refractivity contribution >= 4 is 35.4 Å². The molecule has 6 heteroatoms. The molecule has 0 aliphatic heterocycles. The molecule has 0 bridgehead atoms. The zero-order valence-corrected chi connectivity index (χ0v) is 11.1. The second-order valence-electron chi connectivity index (χ2n) is 4.08. The Morgan fingerprint density at radius 2 is 2.06 bits per heavy atom. The van der Waals surface area contributed by atoms with E-state index in [4.69, 9.17) is 35.4 Å². The van der Waals surface area contributed by atoms with E-state index < -0.39 is 0 Å². The second kappa shape index (κ2) is 4.12. The van der Waals surface area contributed by atoms with E-state index in [1.54, 1.807) is 6.07 Å². The minimum Gasteiger partial charge on any atom is -0.297 e. The van der Waals surface area contributed by atoms with E-state index in [1.807, 2.05) is 12.1 Å². The molecule has 1 N–H and O–H groups in total. The third-order valence-electron chi connectivity index (χ3n) is 2.79. The van der Waals surface area contributed by atoms with Gasteiger partial charge >= 0.3 is 0 Å². The molecule has 0 unspecified atom stereocenters. The average Bonchev–Trinajstić information content (AvgIpc) is 3.06. The van der Waals surface area contributed by atoms with E-state index in [1.165, 1.54) is 0 Å². The molecule has 1 aromatic heterocycles. The van der Waals surface area contributed by atoms with Crippen LogP contribution in [0.4, 0.5) is 0 Å². The smallest absolute Gasteiger partial charge is 0.195 e. The van der Waals surface area contributed by atoms with Gasteiger partial charge < -0.3 is 0 Å². The maximum absolute atomic E-state index is 6.01. The van der Waals surface area contributed by atoms with Gasteiger partial charge in [-0.15, -0.1) is 0 Å². The van der Waals surface area contributed by atoms with E-state index in [0.717, 1.165) is 24.2 Å². The minimum absolute atomic E-state index is 0.478. The van der Waals surface area contributed by atoms with Gasteiger partial charge in [0.1, 0.15) is 0 Å². The number of nitrogens with zero attached hydrogens (tertiary/aromatic N) is 2. The minimum atomic E-state index is 0.478.